The first-order valence-electron chi connectivity index (χ1n) is 9.08. The molecule has 0 aliphatic carbocycles. The highest BCUT2D eigenvalue weighted by molar-refractivity contribution is 14.1. The number of carbonyl (C=O) groups is 1. The highest BCUT2D eigenvalue weighted by Gasteiger charge is 2.26. The van der Waals surface area contributed by atoms with E-state index in [4.69, 9.17) is 5.10 Å². The molecule has 3 aromatic heterocycles. The zero-order valence-corrected chi connectivity index (χ0v) is 18.8. The van der Waals surface area contributed by atoms with Crippen molar-refractivity contribution in [3.05, 3.63) is 27.1 Å². The first-order chi connectivity index (χ1) is 13.2. The topological polar surface area (TPSA) is 63.4 Å². The van der Waals surface area contributed by atoms with Crippen molar-refractivity contribution in [3.63, 3.8) is 0 Å². The number of rotatable bonds is 5. The average molecular weight is 513 g/mol. The molecule has 0 radical (unpaired) electrons. The van der Waals surface area contributed by atoms with E-state index in [-0.39, 0.29) is 11.2 Å². The van der Waals surface area contributed by atoms with Crippen molar-refractivity contribution in [2.45, 2.75) is 42.9 Å². The number of nitrogens with zero attached hydrogens (tertiary/aromatic N) is 5. The molecule has 0 N–H and O–H groups in total. The van der Waals surface area contributed by atoms with E-state index < -0.39 is 0 Å². The second kappa shape index (κ2) is 8.44. The number of thiophene rings is 1. The van der Waals surface area contributed by atoms with Crippen LogP contribution in [0.3, 0.4) is 0 Å². The molecule has 142 valence electrons. The van der Waals surface area contributed by atoms with Crippen molar-refractivity contribution in [2.75, 3.05) is 13.1 Å². The molecule has 6 nitrogen and oxygen atoms in total. The smallest absolute Gasteiger partial charge is 0.236 e. The largest absolute Gasteiger partial charge is 0.342 e. The molecule has 1 fully saturated rings. The maximum atomic E-state index is 12.9. The molecule has 27 heavy (non-hydrogen) atoms. The normalized spacial score (nSPS) is 16.0. The Kier molecular flexibility index (Phi) is 5.98. The summed E-state index contributed by atoms with van der Waals surface area (Å²) in [7, 11) is 0. The Morgan fingerprint density at radius 3 is 2.78 bits per heavy atom. The van der Waals surface area contributed by atoms with Gasteiger partial charge in [0.15, 0.2) is 11.5 Å². The minimum atomic E-state index is -0.102. The Labute approximate surface area is 179 Å². The summed E-state index contributed by atoms with van der Waals surface area (Å²) in [5.74, 6) is 0.989. The van der Waals surface area contributed by atoms with Gasteiger partial charge >= 0.3 is 0 Å². The fourth-order valence-electron chi connectivity index (χ4n) is 3.20. The SMILES string of the molecule is CC[C@@H](Sc1ccc2nnc(-c3sccc3I)n2n1)C(=O)N1CCCCC1. The van der Waals surface area contributed by atoms with E-state index in [1.807, 2.05) is 22.4 Å². The van der Waals surface area contributed by atoms with E-state index in [9.17, 15) is 4.79 Å². The molecule has 1 amide bonds. The lowest BCUT2D eigenvalue weighted by atomic mass is 10.1. The molecule has 0 saturated carbocycles. The number of carbonyl (C=O) groups excluding carboxylic acids is 1. The van der Waals surface area contributed by atoms with Crippen LogP contribution < -0.4 is 0 Å². The van der Waals surface area contributed by atoms with Gasteiger partial charge in [-0.2, -0.15) is 9.61 Å². The second-order valence-corrected chi connectivity index (χ2v) is 9.76. The number of amides is 1. The Morgan fingerprint density at radius 2 is 2.07 bits per heavy atom. The third kappa shape index (κ3) is 4.00. The van der Waals surface area contributed by atoms with Gasteiger partial charge in [-0.1, -0.05) is 18.7 Å². The van der Waals surface area contributed by atoms with Crippen LogP contribution in [0.1, 0.15) is 32.6 Å². The number of piperidine rings is 1. The zero-order valence-electron chi connectivity index (χ0n) is 15.0. The van der Waals surface area contributed by atoms with Crippen LogP contribution >= 0.6 is 45.7 Å². The molecule has 1 saturated heterocycles. The fraction of sp³-hybridized carbons (Fsp3) is 0.444. The Hall–Kier alpha value is -1.20. The summed E-state index contributed by atoms with van der Waals surface area (Å²) in [5, 5.41) is 16.1. The van der Waals surface area contributed by atoms with Gasteiger partial charge in [0.25, 0.3) is 0 Å². The summed E-state index contributed by atoms with van der Waals surface area (Å²) in [4.78, 5) is 16.0. The van der Waals surface area contributed by atoms with Gasteiger partial charge in [0.2, 0.25) is 5.91 Å². The van der Waals surface area contributed by atoms with E-state index in [2.05, 4.69) is 45.8 Å². The molecule has 0 bridgehead atoms. The van der Waals surface area contributed by atoms with Gasteiger partial charge in [-0.3, -0.25) is 4.79 Å². The standard InChI is InChI=1S/C18H20IN5OS2/c1-2-13(18(25)23-9-4-3-5-10-23)27-15-7-6-14-20-21-17(24(14)22-15)16-12(19)8-11-26-16/h6-8,11,13H,2-5,9-10H2,1H3/t13-/m1/s1. The summed E-state index contributed by atoms with van der Waals surface area (Å²) < 4.78 is 2.92. The monoisotopic (exact) mass is 513 g/mol. The number of halogens is 1. The number of hydrogen-bond acceptors (Lipinski definition) is 6. The Balaban J connectivity index is 1.59. The van der Waals surface area contributed by atoms with Crippen LogP contribution in [0.25, 0.3) is 16.3 Å². The van der Waals surface area contributed by atoms with E-state index in [0.717, 1.165) is 51.6 Å². The molecule has 0 aromatic carbocycles. The van der Waals surface area contributed by atoms with Crippen molar-refractivity contribution < 1.29 is 4.79 Å². The lowest BCUT2D eigenvalue weighted by Gasteiger charge is -2.29. The van der Waals surface area contributed by atoms with Gasteiger partial charge in [-0.15, -0.1) is 21.5 Å². The second-order valence-electron chi connectivity index (χ2n) is 6.46. The number of likely N-dealkylation sites (tertiary alicyclic amines) is 1. The Bertz CT molecular complexity index is 950. The molecule has 3 aromatic rings. The molecule has 4 heterocycles. The number of fused-ring (bicyclic) bond motifs is 1. The highest BCUT2D eigenvalue weighted by atomic mass is 127. The van der Waals surface area contributed by atoms with E-state index in [1.165, 1.54) is 6.42 Å². The van der Waals surface area contributed by atoms with Crippen LogP contribution in [-0.2, 0) is 4.79 Å². The quantitative estimate of drug-likeness (QED) is 0.375. The van der Waals surface area contributed by atoms with E-state index in [0.29, 0.717) is 5.65 Å². The third-order valence-corrected chi connectivity index (χ3v) is 8.09. The third-order valence-electron chi connectivity index (χ3n) is 4.64. The minimum Gasteiger partial charge on any atom is -0.342 e. The van der Waals surface area contributed by atoms with Gasteiger partial charge in [-0.05, 0) is 71.9 Å². The van der Waals surface area contributed by atoms with Crippen molar-refractivity contribution in [1.82, 2.24) is 24.7 Å². The van der Waals surface area contributed by atoms with Crippen molar-refractivity contribution in [1.29, 1.82) is 0 Å². The molecule has 0 unspecified atom stereocenters. The summed E-state index contributed by atoms with van der Waals surface area (Å²) in [6, 6.07) is 5.92. The molecular formula is C18H20IN5OS2. The van der Waals surface area contributed by atoms with Crippen LogP contribution in [0.4, 0.5) is 0 Å². The maximum Gasteiger partial charge on any atom is 0.236 e. The van der Waals surface area contributed by atoms with Crippen molar-refractivity contribution in [3.8, 4) is 10.7 Å². The van der Waals surface area contributed by atoms with Gasteiger partial charge in [0.1, 0.15) is 5.03 Å². The molecule has 1 aliphatic heterocycles. The first-order valence-corrected chi connectivity index (χ1v) is 11.9. The minimum absolute atomic E-state index is 0.102. The van der Waals surface area contributed by atoms with Crippen LogP contribution in [0.5, 0.6) is 0 Å². The molecule has 0 spiro atoms. The number of aromatic nitrogens is 4. The van der Waals surface area contributed by atoms with Gasteiger partial charge in [-0.25, -0.2) is 0 Å². The summed E-state index contributed by atoms with van der Waals surface area (Å²) >= 11 is 5.48. The number of thioether (sulfide) groups is 1. The highest BCUT2D eigenvalue weighted by Crippen LogP contribution is 2.31. The Morgan fingerprint density at radius 1 is 1.26 bits per heavy atom. The van der Waals surface area contributed by atoms with Gasteiger partial charge < -0.3 is 4.90 Å². The molecule has 1 atom stereocenters. The maximum absolute atomic E-state index is 12.9. The predicted molar refractivity (Wildman–Crippen MR) is 117 cm³/mol. The van der Waals surface area contributed by atoms with E-state index >= 15 is 0 Å². The van der Waals surface area contributed by atoms with Gasteiger partial charge in [0.05, 0.1) is 10.1 Å². The van der Waals surface area contributed by atoms with Crippen molar-refractivity contribution >= 4 is 57.2 Å². The number of hydrogen-bond donors (Lipinski definition) is 0. The van der Waals surface area contributed by atoms with Crippen LogP contribution in [0.15, 0.2) is 28.6 Å². The lowest BCUT2D eigenvalue weighted by molar-refractivity contribution is -0.131. The predicted octanol–water partition coefficient (Wildman–Crippen LogP) is 4.34. The fourth-order valence-corrected chi connectivity index (χ4v) is 5.99. The molecule has 9 heteroatoms. The lowest BCUT2D eigenvalue weighted by Crippen LogP contribution is -2.40. The van der Waals surface area contributed by atoms with E-state index in [1.54, 1.807) is 27.6 Å². The average Bonchev–Trinajstić information content (AvgIpc) is 3.31. The first kappa shape index (κ1) is 19.1. The molecule has 4 rings (SSSR count). The van der Waals surface area contributed by atoms with Crippen LogP contribution in [0.2, 0.25) is 0 Å². The zero-order chi connectivity index (χ0) is 18.8. The summed E-state index contributed by atoms with van der Waals surface area (Å²) in [6.07, 6.45) is 4.24. The summed E-state index contributed by atoms with van der Waals surface area (Å²) in [6.45, 7) is 3.83. The summed E-state index contributed by atoms with van der Waals surface area (Å²) in [5.41, 5.74) is 0.717. The van der Waals surface area contributed by atoms with Crippen molar-refractivity contribution in [2.24, 2.45) is 0 Å². The van der Waals surface area contributed by atoms with Crippen LogP contribution in [0, 0.1) is 3.57 Å². The van der Waals surface area contributed by atoms with Crippen LogP contribution in [-0.4, -0.2) is 49.0 Å². The van der Waals surface area contributed by atoms with Gasteiger partial charge in [0, 0.05) is 16.7 Å². The molecule has 1 aliphatic rings. The molecular weight excluding hydrogens is 493 g/mol.